The Labute approximate surface area is 243 Å². The molecule has 1 fully saturated rings. The SMILES string of the molecule is C=CC(=O)N1CCN(c2nc(=O)n3c4c(c(-c5ccc(F)c(Cl)c5)c(C(F)(F)F)cc24)SCC(NCCC)C3)CC1. The monoisotopic (exact) mass is 609 g/mol. The van der Waals surface area contributed by atoms with Gasteiger partial charge in [0.25, 0.3) is 0 Å². The molecule has 2 aromatic carbocycles. The van der Waals surface area contributed by atoms with Gasteiger partial charge in [0.1, 0.15) is 11.6 Å². The zero-order chi connectivity index (χ0) is 29.5. The van der Waals surface area contributed by atoms with Crippen LogP contribution in [-0.4, -0.2) is 64.9 Å². The summed E-state index contributed by atoms with van der Waals surface area (Å²) in [6, 6.07) is 4.32. The number of aromatic nitrogens is 2. The van der Waals surface area contributed by atoms with Crippen LogP contribution in [0.3, 0.4) is 0 Å². The third-order valence-electron chi connectivity index (χ3n) is 7.29. The molecule has 1 saturated heterocycles. The number of hydrogen-bond acceptors (Lipinski definition) is 6. The number of amides is 1. The largest absolute Gasteiger partial charge is 0.417 e. The summed E-state index contributed by atoms with van der Waals surface area (Å²) in [6.07, 6.45) is -2.72. The topological polar surface area (TPSA) is 70.5 Å². The van der Waals surface area contributed by atoms with E-state index in [0.717, 1.165) is 18.6 Å². The van der Waals surface area contributed by atoms with E-state index < -0.39 is 23.2 Å². The lowest BCUT2D eigenvalue weighted by molar-refractivity contribution is -0.137. The number of benzene rings is 2. The molecule has 2 aliphatic heterocycles. The standard InChI is InChI=1S/C28H28ClF4N5O2S/c1-3-7-34-17-14-38-24-18(26(35-27(38)40)37-10-8-36(9-11-37)22(39)4-2)13-19(28(31,32)33)23(25(24)41-15-17)16-5-6-21(30)20(29)12-16/h4-6,12-13,17,34H,2-3,7-11,14-15H2,1H3. The highest BCUT2D eigenvalue weighted by atomic mass is 35.5. The van der Waals surface area contributed by atoms with E-state index in [-0.39, 0.29) is 63.8 Å². The van der Waals surface area contributed by atoms with E-state index in [4.69, 9.17) is 11.6 Å². The highest BCUT2D eigenvalue weighted by Crippen LogP contribution is 2.48. The average Bonchev–Trinajstić information content (AvgIpc) is 3.15. The van der Waals surface area contributed by atoms with E-state index >= 15 is 0 Å². The van der Waals surface area contributed by atoms with Crippen molar-refractivity contribution in [1.82, 2.24) is 19.8 Å². The molecule has 1 atom stereocenters. The molecule has 0 spiro atoms. The summed E-state index contributed by atoms with van der Waals surface area (Å²) in [5.74, 6) is -0.445. The van der Waals surface area contributed by atoms with Crippen molar-refractivity contribution >= 4 is 46.0 Å². The Kier molecular flexibility index (Phi) is 8.36. The summed E-state index contributed by atoms with van der Waals surface area (Å²) in [6.45, 7) is 7.58. The minimum atomic E-state index is -4.78. The second kappa shape index (κ2) is 11.7. The van der Waals surface area contributed by atoms with Gasteiger partial charge in [-0.3, -0.25) is 9.36 Å². The number of anilines is 1. The molecule has 2 aliphatic rings. The van der Waals surface area contributed by atoms with E-state index in [1.54, 1.807) is 9.80 Å². The van der Waals surface area contributed by atoms with Crippen LogP contribution in [0, 0.1) is 5.82 Å². The first-order chi connectivity index (χ1) is 19.5. The molecular formula is C28H28ClF4N5O2S. The second-order valence-electron chi connectivity index (χ2n) is 9.96. The van der Waals surface area contributed by atoms with Crippen molar-refractivity contribution in [1.29, 1.82) is 0 Å². The minimum absolute atomic E-state index is 0.0991. The van der Waals surface area contributed by atoms with Crippen LogP contribution in [0.2, 0.25) is 5.02 Å². The maximum Gasteiger partial charge on any atom is 0.417 e. The Morgan fingerprint density at radius 1 is 1.24 bits per heavy atom. The summed E-state index contributed by atoms with van der Waals surface area (Å²) < 4.78 is 59.8. The summed E-state index contributed by atoms with van der Waals surface area (Å²) in [7, 11) is 0. The third kappa shape index (κ3) is 5.69. The van der Waals surface area contributed by atoms with Gasteiger partial charge in [-0.25, -0.2) is 9.18 Å². The Bertz CT molecular complexity index is 1570. The van der Waals surface area contributed by atoms with E-state index in [1.807, 2.05) is 6.92 Å². The molecule has 3 heterocycles. The van der Waals surface area contributed by atoms with Gasteiger partial charge in [-0.1, -0.05) is 31.2 Å². The van der Waals surface area contributed by atoms with Crippen LogP contribution in [0.1, 0.15) is 18.9 Å². The number of carbonyl (C=O) groups excluding carboxylic acids is 1. The molecule has 1 unspecified atom stereocenters. The fourth-order valence-electron chi connectivity index (χ4n) is 5.30. The number of nitrogens with zero attached hydrogens (tertiary/aromatic N) is 4. The number of alkyl halides is 3. The highest BCUT2D eigenvalue weighted by molar-refractivity contribution is 7.99. The van der Waals surface area contributed by atoms with Crippen LogP contribution >= 0.6 is 23.4 Å². The molecule has 41 heavy (non-hydrogen) atoms. The number of hydrogen-bond donors (Lipinski definition) is 1. The summed E-state index contributed by atoms with van der Waals surface area (Å²) >= 11 is 7.24. The summed E-state index contributed by atoms with van der Waals surface area (Å²) in [4.78, 5) is 33.5. The Morgan fingerprint density at radius 3 is 2.61 bits per heavy atom. The average molecular weight is 610 g/mol. The molecule has 7 nitrogen and oxygen atoms in total. The first kappa shape index (κ1) is 29.4. The maximum absolute atomic E-state index is 14.8. The molecule has 0 radical (unpaired) electrons. The van der Waals surface area contributed by atoms with Crippen LogP contribution in [0.5, 0.6) is 0 Å². The molecule has 3 aromatic rings. The van der Waals surface area contributed by atoms with E-state index in [2.05, 4.69) is 16.9 Å². The van der Waals surface area contributed by atoms with Gasteiger partial charge in [-0.2, -0.15) is 18.2 Å². The molecule has 0 saturated carbocycles. The Morgan fingerprint density at radius 2 is 1.98 bits per heavy atom. The van der Waals surface area contributed by atoms with Crippen LogP contribution < -0.4 is 15.9 Å². The summed E-state index contributed by atoms with van der Waals surface area (Å²) in [5.41, 5.74) is -1.21. The van der Waals surface area contributed by atoms with Gasteiger partial charge in [0.15, 0.2) is 0 Å². The second-order valence-corrected chi connectivity index (χ2v) is 11.4. The van der Waals surface area contributed by atoms with Crippen LogP contribution in [0.15, 0.2) is 46.6 Å². The zero-order valence-electron chi connectivity index (χ0n) is 22.2. The Hall–Kier alpha value is -3.09. The van der Waals surface area contributed by atoms with Crippen molar-refractivity contribution < 1.29 is 22.4 Å². The number of rotatable bonds is 6. The lowest BCUT2D eigenvalue weighted by atomic mass is 9.96. The lowest BCUT2D eigenvalue weighted by Gasteiger charge is -2.35. The highest BCUT2D eigenvalue weighted by Gasteiger charge is 2.38. The number of thioether (sulfide) groups is 1. The van der Waals surface area contributed by atoms with Gasteiger partial charge in [0, 0.05) is 60.4 Å². The van der Waals surface area contributed by atoms with Crippen molar-refractivity contribution in [2.75, 3.05) is 43.4 Å². The van der Waals surface area contributed by atoms with Crippen LogP contribution in [0.4, 0.5) is 23.4 Å². The minimum Gasteiger partial charge on any atom is -0.352 e. The number of halogens is 5. The molecule has 1 amide bonds. The van der Waals surface area contributed by atoms with Crippen molar-refractivity contribution in [2.45, 2.75) is 37.0 Å². The Balaban J connectivity index is 1.77. The number of piperazine rings is 1. The first-order valence-corrected chi connectivity index (χ1v) is 14.6. The van der Waals surface area contributed by atoms with Crippen molar-refractivity contribution in [3.63, 3.8) is 0 Å². The number of nitrogens with one attached hydrogen (secondary N) is 1. The van der Waals surface area contributed by atoms with Gasteiger partial charge in [0.05, 0.1) is 16.1 Å². The summed E-state index contributed by atoms with van der Waals surface area (Å²) in [5, 5.41) is 3.27. The fraction of sp³-hybridized carbons (Fsp3) is 0.393. The van der Waals surface area contributed by atoms with Gasteiger partial charge in [-0.15, -0.1) is 11.8 Å². The quantitative estimate of drug-likeness (QED) is 0.307. The van der Waals surface area contributed by atoms with Gasteiger partial charge in [0.2, 0.25) is 5.91 Å². The molecule has 13 heteroatoms. The van der Waals surface area contributed by atoms with Crippen molar-refractivity contribution in [3.8, 4) is 11.1 Å². The fourth-order valence-corrected chi connectivity index (χ4v) is 6.80. The zero-order valence-corrected chi connectivity index (χ0v) is 23.8. The molecular weight excluding hydrogens is 582 g/mol. The normalized spacial score (nSPS) is 17.6. The van der Waals surface area contributed by atoms with E-state index in [1.165, 1.54) is 34.5 Å². The van der Waals surface area contributed by atoms with Crippen molar-refractivity contribution in [2.24, 2.45) is 0 Å². The molecule has 1 aromatic heterocycles. The predicted octanol–water partition coefficient (Wildman–Crippen LogP) is 5.18. The lowest BCUT2D eigenvalue weighted by Crippen LogP contribution is -2.49. The molecule has 1 N–H and O–H groups in total. The van der Waals surface area contributed by atoms with Gasteiger partial charge < -0.3 is 15.1 Å². The van der Waals surface area contributed by atoms with Gasteiger partial charge >= 0.3 is 11.9 Å². The van der Waals surface area contributed by atoms with Crippen molar-refractivity contribution in [3.05, 3.63) is 63.8 Å². The van der Waals surface area contributed by atoms with Gasteiger partial charge in [-0.05, 0) is 42.8 Å². The molecule has 0 aliphatic carbocycles. The maximum atomic E-state index is 14.8. The van der Waals surface area contributed by atoms with E-state index in [9.17, 15) is 27.2 Å². The number of carbonyl (C=O) groups is 1. The van der Waals surface area contributed by atoms with Crippen LogP contribution in [-0.2, 0) is 17.5 Å². The molecule has 0 bridgehead atoms. The molecule has 5 rings (SSSR count). The van der Waals surface area contributed by atoms with Crippen LogP contribution in [0.25, 0.3) is 22.0 Å². The third-order valence-corrected chi connectivity index (χ3v) is 8.84. The molecule has 218 valence electrons. The predicted molar refractivity (Wildman–Crippen MR) is 153 cm³/mol. The van der Waals surface area contributed by atoms with E-state index in [0.29, 0.717) is 30.9 Å². The smallest absolute Gasteiger partial charge is 0.352 e. The first-order valence-electron chi connectivity index (χ1n) is 13.2.